The lowest BCUT2D eigenvalue weighted by Crippen LogP contribution is -2.14. The van der Waals surface area contributed by atoms with Crippen molar-refractivity contribution in [2.45, 2.75) is 11.4 Å². The third kappa shape index (κ3) is 3.97. The average Bonchev–Trinajstić information content (AvgIpc) is 2.41. The molecule has 2 aromatic carbocycles. The van der Waals surface area contributed by atoms with Crippen LogP contribution >= 0.6 is 27.5 Å². The molecule has 21 heavy (non-hydrogen) atoms. The Balaban J connectivity index is 2.34. The quantitative estimate of drug-likeness (QED) is 0.821. The number of hydrogen-bond acceptors (Lipinski definition) is 3. The highest BCUT2D eigenvalue weighted by Crippen LogP contribution is 2.28. The Labute approximate surface area is 137 Å². The van der Waals surface area contributed by atoms with Crippen molar-refractivity contribution in [2.24, 2.45) is 0 Å². The van der Waals surface area contributed by atoms with Crippen molar-refractivity contribution in [3.63, 3.8) is 0 Å². The molecule has 0 aliphatic carbocycles. The molecular formula is C14H14BrClN2O2S. The second-order valence-corrected chi connectivity index (χ2v) is 7.29. The first kappa shape index (κ1) is 16.3. The maximum atomic E-state index is 12.4. The highest BCUT2D eigenvalue weighted by Gasteiger charge is 2.19. The van der Waals surface area contributed by atoms with Crippen LogP contribution in [0.3, 0.4) is 0 Å². The number of anilines is 1. The van der Waals surface area contributed by atoms with Crippen LogP contribution in [0.5, 0.6) is 0 Å². The number of halogens is 2. The Morgan fingerprint density at radius 3 is 2.52 bits per heavy atom. The zero-order valence-electron chi connectivity index (χ0n) is 11.2. The molecule has 0 saturated carbocycles. The molecule has 0 aliphatic rings. The molecule has 0 atom stereocenters. The SMILES string of the molecule is CNCc1ccc(S(=O)(=O)Nc2ccccc2Cl)c(Br)c1. The number of hydrogen-bond donors (Lipinski definition) is 2. The topological polar surface area (TPSA) is 58.2 Å². The van der Waals surface area contributed by atoms with Crippen LogP contribution in [0.25, 0.3) is 0 Å². The maximum Gasteiger partial charge on any atom is 0.263 e. The van der Waals surface area contributed by atoms with E-state index in [2.05, 4.69) is 26.0 Å². The lowest BCUT2D eigenvalue weighted by Gasteiger charge is -2.12. The Bertz CT molecular complexity index is 750. The van der Waals surface area contributed by atoms with Gasteiger partial charge in [-0.1, -0.05) is 29.8 Å². The Morgan fingerprint density at radius 2 is 1.90 bits per heavy atom. The minimum atomic E-state index is -3.70. The highest BCUT2D eigenvalue weighted by atomic mass is 79.9. The lowest BCUT2D eigenvalue weighted by atomic mass is 10.2. The summed E-state index contributed by atoms with van der Waals surface area (Å²) in [5, 5.41) is 3.36. The van der Waals surface area contributed by atoms with Gasteiger partial charge >= 0.3 is 0 Å². The maximum absolute atomic E-state index is 12.4. The van der Waals surface area contributed by atoms with Gasteiger partial charge in [-0.05, 0) is 52.8 Å². The van der Waals surface area contributed by atoms with Crippen molar-refractivity contribution < 1.29 is 8.42 Å². The van der Waals surface area contributed by atoms with Crippen molar-refractivity contribution in [3.8, 4) is 0 Å². The van der Waals surface area contributed by atoms with Crippen molar-refractivity contribution in [3.05, 3.63) is 57.5 Å². The van der Waals surface area contributed by atoms with Gasteiger partial charge in [0.2, 0.25) is 0 Å². The first-order valence-corrected chi connectivity index (χ1v) is 8.80. The monoisotopic (exact) mass is 388 g/mol. The van der Waals surface area contributed by atoms with E-state index in [0.29, 0.717) is 21.7 Å². The summed E-state index contributed by atoms with van der Waals surface area (Å²) in [4.78, 5) is 0.169. The smallest absolute Gasteiger partial charge is 0.263 e. The van der Waals surface area contributed by atoms with Gasteiger partial charge in [0.05, 0.1) is 10.7 Å². The van der Waals surface area contributed by atoms with Crippen LogP contribution in [0.15, 0.2) is 51.8 Å². The molecule has 0 unspecified atom stereocenters. The van der Waals surface area contributed by atoms with Gasteiger partial charge in [0.25, 0.3) is 10.0 Å². The largest absolute Gasteiger partial charge is 0.316 e. The highest BCUT2D eigenvalue weighted by molar-refractivity contribution is 9.10. The van der Waals surface area contributed by atoms with E-state index >= 15 is 0 Å². The van der Waals surface area contributed by atoms with E-state index in [9.17, 15) is 8.42 Å². The van der Waals surface area contributed by atoms with E-state index in [-0.39, 0.29) is 4.90 Å². The normalized spacial score (nSPS) is 11.4. The molecule has 0 aliphatic heterocycles. The van der Waals surface area contributed by atoms with E-state index in [1.165, 1.54) is 0 Å². The van der Waals surface area contributed by atoms with Gasteiger partial charge < -0.3 is 5.32 Å². The molecule has 0 heterocycles. The molecule has 0 radical (unpaired) electrons. The molecular weight excluding hydrogens is 376 g/mol. The van der Waals surface area contributed by atoms with Crippen molar-refractivity contribution in [1.29, 1.82) is 0 Å². The Morgan fingerprint density at radius 1 is 1.19 bits per heavy atom. The molecule has 4 nitrogen and oxygen atoms in total. The van der Waals surface area contributed by atoms with Crippen LogP contribution < -0.4 is 10.0 Å². The second-order valence-electron chi connectivity index (χ2n) is 4.38. The van der Waals surface area contributed by atoms with E-state index < -0.39 is 10.0 Å². The van der Waals surface area contributed by atoms with Gasteiger partial charge in [0.15, 0.2) is 0 Å². The van der Waals surface area contributed by atoms with E-state index in [0.717, 1.165) is 5.56 Å². The number of para-hydroxylation sites is 1. The van der Waals surface area contributed by atoms with Crippen LogP contribution in [0.1, 0.15) is 5.56 Å². The summed E-state index contributed by atoms with van der Waals surface area (Å²) in [6.45, 7) is 0.664. The van der Waals surface area contributed by atoms with Gasteiger partial charge in [-0.25, -0.2) is 8.42 Å². The number of rotatable bonds is 5. The van der Waals surface area contributed by atoms with Gasteiger partial charge in [-0.3, -0.25) is 4.72 Å². The molecule has 2 rings (SSSR count). The fraction of sp³-hybridized carbons (Fsp3) is 0.143. The summed E-state index contributed by atoms with van der Waals surface area (Å²) in [5.74, 6) is 0. The predicted molar refractivity (Wildman–Crippen MR) is 89.2 cm³/mol. The average molecular weight is 390 g/mol. The zero-order valence-corrected chi connectivity index (χ0v) is 14.4. The number of nitrogens with one attached hydrogen (secondary N) is 2. The van der Waals surface area contributed by atoms with Gasteiger partial charge in [-0.15, -0.1) is 0 Å². The summed E-state index contributed by atoms with van der Waals surface area (Å²) in [6.07, 6.45) is 0. The van der Waals surface area contributed by atoms with Crippen LogP contribution in [0, 0.1) is 0 Å². The van der Waals surface area contributed by atoms with Crippen LogP contribution in [0.2, 0.25) is 5.02 Å². The Kier molecular flexibility index (Phi) is 5.27. The third-order valence-corrected chi connectivity index (χ3v) is 5.46. The van der Waals surface area contributed by atoms with Crippen LogP contribution in [-0.2, 0) is 16.6 Å². The molecule has 7 heteroatoms. The van der Waals surface area contributed by atoms with Crippen LogP contribution in [0.4, 0.5) is 5.69 Å². The minimum absolute atomic E-state index is 0.169. The van der Waals surface area contributed by atoms with Gasteiger partial charge in [0.1, 0.15) is 4.90 Å². The van der Waals surface area contributed by atoms with Gasteiger partial charge in [-0.2, -0.15) is 0 Å². The molecule has 0 spiro atoms. The van der Waals surface area contributed by atoms with E-state index in [1.54, 1.807) is 42.5 Å². The van der Waals surface area contributed by atoms with Crippen molar-refractivity contribution in [2.75, 3.05) is 11.8 Å². The van der Waals surface area contributed by atoms with Crippen molar-refractivity contribution in [1.82, 2.24) is 5.32 Å². The molecule has 2 aromatic rings. The van der Waals surface area contributed by atoms with E-state index in [1.807, 2.05) is 7.05 Å². The fourth-order valence-electron chi connectivity index (χ4n) is 1.82. The Hall–Kier alpha value is -1.08. The summed E-state index contributed by atoms with van der Waals surface area (Å²) in [5.41, 5.74) is 1.34. The molecule has 112 valence electrons. The first-order chi connectivity index (χ1) is 9.94. The molecule has 0 aromatic heterocycles. The molecule has 0 amide bonds. The second kappa shape index (κ2) is 6.79. The van der Waals surface area contributed by atoms with Crippen molar-refractivity contribution >= 4 is 43.2 Å². The molecule has 0 bridgehead atoms. The number of benzene rings is 2. The summed E-state index contributed by atoms with van der Waals surface area (Å²) in [7, 11) is -1.87. The molecule has 0 saturated heterocycles. The third-order valence-electron chi connectivity index (χ3n) is 2.78. The van der Waals surface area contributed by atoms with Gasteiger partial charge in [0, 0.05) is 11.0 Å². The molecule has 0 fully saturated rings. The lowest BCUT2D eigenvalue weighted by molar-refractivity contribution is 0.600. The zero-order chi connectivity index (χ0) is 15.5. The number of sulfonamides is 1. The summed E-state index contributed by atoms with van der Waals surface area (Å²) < 4.78 is 27.9. The van der Waals surface area contributed by atoms with Crippen LogP contribution in [-0.4, -0.2) is 15.5 Å². The summed E-state index contributed by atoms with van der Waals surface area (Å²) >= 11 is 9.28. The van der Waals surface area contributed by atoms with E-state index in [4.69, 9.17) is 11.6 Å². The standard InChI is InChI=1S/C14H14BrClN2O2S/c1-17-9-10-6-7-14(11(15)8-10)21(19,20)18-13-5-3-2-4-12(13)16/h2-8,17-18H,9H2,1H3. The molecule has 2 N–H and O–H groups in total. The fourth-order valence-corrected chi connectivity index (χ4v) is 4.26. The first-order valence-electron chi connectivity index (χ1n) is 6.14. The minimum Gasteiger partial charge on any atom is -0.316 e. The summed E-state index contributed by atoms with van der Waals surface area (Å²) in [6, 6.07) is 11.8. The predicted octanol–water partition coefficient (Wildman–Crippen LogP) is 3.62.